The van der Waals surface area contributed by atoms with Gasteiger partial charge in [0.15, 0.2) is 11.5 Å². The highest BCUT2D eigenvalue weighted by Crippen LogP contribution is 2.34. The predicted molar refractivity (Wildman–Crippen MR) is 70.1 cm³/mol. The smallest absolute Gasteiger partial charge is 0.161 e. The summed E-state index contributed by atoms with van der Waals surface area (Å²) >= 11 is 0. The van der Waals surface area contributed by atoms with Gasteiger partial charge >= 0.3 is 0 Å². The third-order valence-electron chi connectivity index (χ3n) is 3.30. The van der Waals surface area contributed by atoms with E-state index in [1.807, 2.05) is 18.2 Å². The summed E-state index contributed by atoms with van der Waals surface area (Å²) in [6.45, 7) is 3.65. The second-order valence-corrected chi connectivity index (χ2v) is 4.60. The fourth-order valence-electron chi connectivity index (χ4n) is 2.30. The van der Waals surface area contributed by atoms with Crippen molar-refractivity contribution in [3.05, 3.63) is 23.8 Å². The number of hydrogen-bond acceptors (Lipinski definition) is 4. The molecule has 1 aliphatic rings. The van der Waals surface area contributed by atoms with Gasteiger partial charge in [-0.2, -0.15) is 0 Å². The third kappa shape index (κ3) is 2.76. The third-order valence-corrected chi connectivity index (χ3v) is 3.30. The largest absolute Gasteiger partial charge is 0.486 e. The van der Waals surface area contributed by atoms with E-state index in [9.17, 15) is 5.11 Å². The minimum absolute atomic E-state index is 0.0409. The Balaban J connectivity index is 2.20. The van der Waals surface area contributed by atoms with Crippen LogP contribution in [0.15, 0.2) is 18.2 Å². The van der Waals surface area contributed by atoms with Crippen LogP contribution in [0, 0.1) is 0 Å². The summed E-state index contributed by atoms with van der Waals surface area (Å²) in [5.74, 6) is 1.48. The number of ether oxygens (including phenoxy) is 2. The van der Waals surface area contributed by atoms with Crippen molar-refractivity contribution in [3.63, 3.8) is 0 Å². The van der Waals surface area contributed by atoms with E-state index in [2.05, 4.69) is 6.92 Å². The van der Waals surface area contributed by atoms with Crippen LogP contribution in [0.4, 0.5) is 0 Å². The summed E-state index contributed by atoms with van der Waals surface area (Å²) in [5.41, 5.74) is 6.80. The second-order valence-electron chi connectivity index (χ2n) is 4.60. The summed E-state index contributed by atoms with van der Waals surface area (Å²) in [6.07, 6.45) is 1.31. The van der Waals surface area contributed by atoms with E-state index in [0.717, 1.165) is 29.9 Å². The summed E-state index contributed by atoms with van der Waals surface area (Å²) in [6, 6.07) is 5.79. The molecule has 100 valence electrons. The maximum absolute atomic E-state index is 10.1. The summed E-state index contributed by atoms with van der Waals surface area (Å²) in [4.78, 5) is 0. The SMILES string of the molecule is CCCC(O)C(CN)c1ccc2c(c1)OCCO2. The van der Waals surface area contributed by atoms with Gasteiger partial charge in [-0.05, 0) is 24.1 Å². The molecule has 1 heterocycles. The Hall–Kier alpha value is -1.26. The Morgan fingerprint density at radius 2 is 2.00 bits per heavy atom. The summed E-state index contributed by atoms with van der Waals surface area (Å²) < 4.78 is 11.0. The lowest BCUT2D eigenvalue weighted by Crippen LogP contribution is -2.26. The topological polar surface area (TPSA) is 64.7 Å². The highest BCUT2D eigenvalue weighted by Gasteiger charge is 2.21. The lowest BCUT2D eigenvalue weighted by molar-refractivity contribution is 0.134. The molecule has 18 heavy (non-hydrogen) atoms. The van der Waals surface area contributed by atoms with Gasteiger partial charge in [-0.1, -0.05) is 19.4 Å². The first kappa shape index (κ1) is 13.2. The fraction of sp³-hybridized carbons (Fsp3) is 0.571. The molecule has 0 aromatic heterocycles. The first-order chi connectivity index (χ1) is 8.76. The Morgan fingerprint density at radius 3 is 2.67 bits per heavy atom. The minimum Gasteiger partial charge on any atom is -0.486 e. The van der Waals surface area contributed by atoms with Crippen molar-refractivity contribution in [2.75, 3.05) is 19.8 Å². The van der Waals surface area contributed by atoms with E-state index >= 15 is 0 Å². The van der Waals surface area contributed by atoms with Crippen LogP contribution in [0.1, 0.15) is 31.2 Å². The van der Waals surface area contributed by atoms with Crippen molar-refractivity contribution in [1.82, 2.24) is 0 Å². The molecule has 0 aliphatic carbocycles. The number of nitrogens with two attached hydrogens (primary N) is 1. The van der Waals surface area contributed by atoms with Crippen LogP contribution in [-0.2, 0) is 0 Å². The molecule has 1 aromatic carbocycles. The van der Waals surface area contributed by atoms with Gasteiger partial charge in [-0.25, -0.2) is 0 Å². The van der Waals surface area contributed by atoms with Crippen molar-refractivity contribution in [2.24, 2.45) is 5.73 Å². The van der Waals surface area contributed by atoms with Crippen molar-refractivity contribution in [2.45, 2.75) is 31.8 Å². The van der Waals surface area contributed by atoms with E-state index in [4.69, 9.17) is 15.2 Å². The molecule has 1 aromatic rings. The molecule has 4 heteroatoms. The van der Waals surface area contributed by atoms with Gasteiger partial charge in [0.1, 0.15) is 13.2 Å². The lowest BCUT2D eigenvalue weighted by Gasteiger charge is -2.24. The van der Waals surface area contributed by atoms with Crippen LogP contribution < -0.4 is 15.2 Å². The van der Waals surface area contributed by atoms with Crippen molar-refractivity contribution in [1.29, 1.82) is 0 Å². The monoisotopic (exact) mass is 251 g/mol. The zero-order chi connectivity index (χ0) is 13.0. The number of rotatable bonds is 5. The molecular weight excluding hydrogens is 230 g/mol. The van der Waals surface area contributed by atoms with E-state index in [-0.39, 0.29) is 5.92 Å². The lowest BCUT2D eigenvalue weighted by atomic mass is 9.91. The molecule has 0 amide bonds. The molecular formula is C14H21NO3. The Labute approximate surface area is 108 Å². The normalized spacial score (nSPS) is 17.3. The quantitative estimate of drug-likeness (QED) is 0.835. The zero-order valence-corrected chi connectivity index (χ0v) is 10.8. The Kier molecular flexibility index (Phi) is 4.44. The Morgan fingerprint density at radius 1 is 1.28 bits per heavy atom. The molecule has 0 fully saturated rings. The zero-order valence-electron chi connectivity index (χ0n) is 10.8. The van der Waals surface area contributed by atoms with Gasteiger partial charge in [-0.3, -0.25) is 0 Å². The highest BCUT2D eigenvalue weighted by atomic mass is 16.6. The molecule has 2 unspecified atom stereocenters. The molecule has 4 nitrogen and oxygen atoms in total. The Bertz CT molecular complexity index is 395. The van der Waals surface area contributed by atoms with Gasteiger partial charge in [0.05, 0.1) is 6.10 Å². The van der Waals surface area contributed by atoms with Crippen LogP contribution in [-0.4, -0.2) is 31.0 Å². The summed E-state index contributed by atoms with van der Waals surface area (Å²) in [7, 11) is 0. The molecule has 0 saturated carbocycles. The van der Waals surface area contributed by atoms with Crippen molar-refractivity contribution in [3.8, 4) is 11.5 Å². The van der Waals surface area contributed by atoms with E-state index in [0.29, 0.717) is 19.8 Å². The van der Waals surface area contributed by atoms with Crippen LogP contribution in [0.2, 0.25) is 0 Å². The average Bonchev–Trinajstić information content (AvgIpc) is 2.40. The molecule has 2 rings (SSSR count). The van der Waals surface area contributed by atoms with Gasteiger partial charge in [0, 0.05) is 12.5 Å². The van der Waals surface area contributed by atoms with E-state index < -0.39 is 6.10 Å². The van der Waals surface area contributed by atoms with Crippen molar-refractivity contribution < 1.29 is 14.6 Å². The number of benzene rings is 1. The molecule has 0 saturated heterocycles. The molecule has 1 aliphatic heterocycles. The van der Waals surface area contributed by atoms with Gasteiger partial charge in [-0.15, -0.1) is 0 Å². The van der Waals surface area contributed by atoms with Gasteiger partial charge in [0.2, 0.25) is 0 Å². The molecule has 2 atom stereocenters. The molecule has 0 spiro atoms. The maximum Gasteiger partial charge on any atom is 0.161 e. The van der Waals surface area contributed by atoms with Crippen LogP contribution in [0.5, 0.6) is 11.5 Å². The fourth-order valence-corrected chi connectivity index (χ4v) is 2.30. The molecule has 0 radical (unpaired) electrons. The maximum atomic E-state index is 10.1. The number of hydrogen-bond donors (Lipinski definition) is 2. The van der Waals surface area contributed by atoms with Gasteiger partial charge < -0.3 is 20.3 Å². The number of aliphatic hydroxyl groups excluding tert-OH is 1. The molecule has 3 N–H and O–H groups in total. The molecule has 0 bridgehead atoms. The summed E-state index contributed by atoms with van der Waals surface area (Å²) in [5, 5.41) is 10.1. The van der Waals surface area contributed by atoms with Crippen molar-refractivity contribution >= 4 is 0 Å². The minimum atomic E-state index is -0.400. The highest BCUT2D eigenvalue weighted by molar-refractivity contribution is 5.45. The van der Waals surface area contributed by atoms with Gasteiger partial charge in [0.25, 0.3) is 0 Å². The predicted octanol–water partition coefficient (Wildman–Crippen LogP) is 1.66. The van der Waals surface area contributed by atoms with Crippen LogP contribution in [0.25, 0.3) is 0 Å². The number of aliphatic hydroxyl groups is 1. The first-order valence-corrected chi connectivity index (χ1v) is 6.54. The number of fused-ring (bicyclic) bond motifs is 1. The van der Waals surface area contributed by atoms with E-state index in [1.165, 1.54) is 0 Å². The average molecular weight is 251 g/mol. The van der Waals surface area contributed by atoms with E-state index in [1.54, 1.807) is 0 Å². The van der Waals surface area contributed by atoms with Crippen LogP contribution in [0.3, 0.4) is 0 Å². The first-order valence-electron chi connectivity index (χ1n) is 6.54. The second kappa shape index (κ2) is 6.07. The standard InChI is InChI=1S/C14H21NO3/c1-2-3-12(16)11(9-15)10-4-5-13-14(8-10)18-7-6-17-13/h4-5,8,11-12,16H,2-3,6-7,9,15H2,1H3. The van der Waals surface area contributed by atoms with Crippen LogP contribution >= 0.6 is 0 Å².